The molecule has 176 valence electrons. The van der Waals surface area contributed by atoms with E-state index in [1.165, 1.54) is 24.3 Å². The van der Waals surface area contributed by atoms with E-state index in [1.807, 2.05) is 49.3 Å². The van der Waals surface area contributed by atoms with Crippen molar-refractivity contribution in [3.63, 3.8) is 0 Å². The van der Waals surface area contributed by atoms with Gasteiger partial charge in [0.1, 0.15) is 11.6 Å². The van der Waals surface area contributed by atoms with E-state index in [9.17, 15) is 9.18 Å². The Kier molecular flexibility index (Phi) is 8.02. The van der Waals surface area contributed by atoms with E-state index in [0.29, 0.717) is 23.7 Å². The standard InChI is InChI=1S/C26H26FN5O.ClH/c1-17-4-13-22-23(16-17)30-26(32(2)3)31-24(22)28-15-14-18-5-11-21(12-6-18)29-25(33)19-7-9-20(27)10-8-19;/h4-13,16H,14-15H2,1-3H3,(H,29,33)(H,28,30,31);1H. The SMILES string of the molecule is Cc1ccc2c(NCCc3ccc(NC(=O)c4ccc(F)cc4)cc3)nc(N(C)C)nc2c1.Cl. The number of nitrogens with one attached hydrogen (secondary N) is 2. The summed E-state index contributed by atoms with van der Waals surface area (Å²) in [5, 5.41) is 7.27. The lowest BCUT2D eigenvalue weighted by Gasteiger charge is -2.15. The second-order valence-electron chi connectivity index (χ2n) is 8.12. The van der Waals surface area contributed by atoms with Crippen molar-refractivity contribution in [3.05, 3.63) is 89.2 Å². The first kappa shape index (κ1) is 24.9. The van der Waals surface area contributed by atoms with Crippen LogP contribution in [0.3, 0.4) is 0 Å². The van der Waals surface area contributed by atoms with E-state index in [1.54, 1.807) is 0 Å². The van der Waals surface area contributed by atoms with Gasteiger partial charge in [0.15, 0.2) is 0 Å². The zero-order valence-corrected chi connectivity index (χ0v) is 20.1. The Bertz CT molecular complexity index is 1280. The Morgan fingerprint density at radius 2 is 1.68 bits per heavy atom. The lowest BCUT2D eigenvalue weighted by Crippen LogP contribution is -2.15. The molecule has 0 unspecified atom stereocenters. The van der Waals surface area contributed by atoms with Gasteiger partial charge in [0.2, 0.25) is 5.95 Å². The van der Waals surface area contributed by atoms with Crippen molar-refractivity contribution in [3.8, 4) is 0 Å². The van der Waals surface area contributed by atoms with Crippen LogP contribution in [0.25, 0.3) is 10.9 Å². The summed E-state index contributed by atoms with van der Waals surface area (Å²) in [5.74, 6) is 0.836. The molecule has 4 rings (SSSR count). The van der Waals surface area contributed by atoms with Gasteiger partial charge in [-0.2, -0.15) is 4.98 Å². The number of aryl methyl sites for hydroxylation is 1. The van der Waals surface area contributed by atoms with E-state index in [4.69, 9.17) is 0 Å². The fourth-order valence-corrected chi connectivity index (χ4v) is 3.45. The number of anilines is 3. The number of fused-ring (bicyclic) bond motifs is 1. The zero-order chi connectivity index (χ0) is 23.4. The lowest BCUT2D eigenvalue weighted by atomic mass is 10.1. The number of hydrogen-bond donors (Lipinski definition) is 2. The number of carbonyl (C=O) groups is 1. The number of aromatic nitrogens is 2. The van der Waals surface area contributed by atoms with E-state index < -0.39 is 0 Å². The minimum absolute atomic E-state index is 0. The molecule has 0 saturated heterocycles. The predicted molar refractivity (Wildman–Crippen MR) is 139 cm³/mol. The number of nitrogens with zero attached hydrogens (tertiary/aromatic N) is 3. The first-order chi connectivity index (χ1) is 15.9. The summed E-state index contributed by atoms with van der Waals surface area (Å²) in [6.07, 6.45) is 0.793. The Balaban J connectivity index is 0.00000324. The molecule has 0 bridgehead atoms. The van der Waals surface area contributed by atoms with Gasteiger partial charge in [-0.3, -0.25) is 4.79 Å². The summed E-state index contributed by atoms with van der Waals surface area (Å²) in [7, 11) is 3.86. The van der Waals surface area contributed by atoms with E-state index in [-0.39, 0.29) is 24.1 Å². The third kappa shape index (κ3) is 5.99. The third-order valence-electron chi connectivity index (χ3n) is 5.26. The van der Waals surface area contributed by atoms with Crippen LogP contribution in [0.1, 0.15) is 21.5 Å². The van der Waals surface area contributed by atoms with Crippen molar-refractivity contribution in [1.82, 2.24) is 9.97 Å². The van der Waals surface area contributed by atoms with E-state index >= 15 is 0 Å². The average Bonchev–Trinajstić information content (AvgIpc) is 2.80. The predicted octanol–water partition coefficient (Wildman–Crippen LogP) is 5.47. The maximum Gasteiger partial charge on any atom is 0.255 e. The number of carbonyl (C=O) groups excluding carboxylic acids is 1. The Morgan fingerprint density at radius 1 is 0.971 bits per heavy atom. The lowest BCUT2D eigenvalue weighted by molar-refractivity contribution is 0.102. The van der Waals surface area contributed by atoms with Crippen LogP contribution in [-0.2, 0) is 6.42 Å². The number of benzene rings is 3. The second-order valence-corrected chi connectivity index (χ2v) is 8.12. The highest BCUT2D eigenvalue weighted by Gasteiger charge is 2.10. The summed E-state index contributed by atoms with van der Waals surface area (Å²) in [4.78, 5) is 23.5. The average molecular weight is 480 g/mol. The topological polar surface area (TPSA) is 70.2 Å². The maximum atomic E-state index is 13.0. The molecule has 0 fully saturated rings. The van der Waals surface area contributed by atoms with Crippen molar-refractivity contribution in [1.29, 1.82) is 0 Å². The molecule has 0 spiro atoms. The Morgan fingerprint density at radius 3 is 2.35 bits per heavy atom. The molecule has 1 heterocycles. The molecule has 0 aliphatic heterocycles. The molecule has 6 nitrogen and oxygen atoms in total. The van der Waals surface area contributed by atoms with Crippen molar-refractivity contribution >= 4 is 46.7 Å². The largest absolute Gasteiger partial charge is 0.369 e. The minimum atomic E-state index is -0.368. The fourth-order valence-electron chi connectivity index (χ4n) is 3.45. The highest BCUT2D eigenvalue weighted by Crippen LogP contribution is 2.24. The smallest absolute Gasteiger partial charge is 0.255 e. The van der Waals surface area contributed by atoms with Crippen LogP contribution in [0.15, 0.2) is 66.7 Å². The molecule has 3 aromatic carbocycles. The Labute approximate surface area is 204 Å². The highest BCUT2D eigenvalue weighted by atomic mass is 35.5. The van der Waals surface area contributed by atoms with Crippen LogP contribution < -0.4 is 15.5 Å². The van der Waals surface area contributed by atoms with E-state index in [2.05, 4.69) is 39.7 Å². The molecule has 0 atom stereocenters. The second kappa shape index (κ2) is 10.9. The zero-order valence-electron chi connectivity index (χ0n) is 19.3. The summed E-state index contributed by atoms with van der Waals surface area (Å²) in [6.45, 7) is 2.75. The quantitative estimate of drug-likeness (QED) is 0.367. The van der Waals surface area contributed by atoms with Crippen molar-refractivity contribution in [2.24, 2.45) is 0 Å². The summed E-state index contributed by atoms with van der Waals surface area (Å²) in [5.41, 5.74) is 4.30. The van der Waals surface area contributed by atoms with Gasteiger partial charge in [0.25, 0.3) is 5.91 Å². The normalized spacial score (nSPS) is 10.5. The van der Waals surface area contributed by atoms with Crippen LogP contribution in [0, 0.1) is 12.7 Å². The van der Waals surface area contributed by atoms with E-state index in [0.717, 1.165) is 34.3 Å². The molecule has 1 amide bonds. The van der Waals surface area contributed by atoms with Crippen LogP contribution >= 0.6 is 12.4 Å². The maximum absolute atomic E-state index is 13.0. The molecule has 0 radical (unpaired) electrons. The van der Waals surface area contributed by atoms with Gasteiger partial charge in [-0.15, -0.1) is 12.4 Å². The van der Waals surface area contributed by atoms with Crippen LogP contribution in [0.2, 0.25) is 0 Å². The van der Waals surface area contributed by atoms with Crippen molar-refractivity contribution in [2.75, 3.05) is 36.2 Å². The van der Waals surface area contributed by atoms with Crippen LogP contribution in [0.4, 0.5) is 21.8 Å². The number of amides is 1. The molecular formula is C26H27ClFN5O. The first-order valence-corrected chi connectivity index (χ1v) is 10.7. The molecule has 0 aliphatic carbocycles. The Hall–Kier alpha value is -3.71. The molecular weight excluding hydrogens is 453 g/mol. The van der Waals surface area contributed by atoms with Crippen molar-refractivity contribution in [2.45, 2.75) is 13.3 Å². The molecule has 4 aromatic rings. The molecule has 1 aromatic heterocycles. The molecule has 34 heavy (non-hydrogen) atoms. The molecule has 2 N–H and O–H groups in total. The number of halogens is 2. The first-order valence-electron chi connectivity index (χ1n) is 10.7. The number of hydrogen-bond acceptors (Lipinski definition) is 5. The van der Waals surface area contributed by atoms with Gasteiger partial charge in [0.05, 0.1) is 5.52 Å². The molecule has 0 aliphatic rings. The summed E-state index contributed by atoms with van der Waals surface area (Å²) >= 11 is 0. The minimum Gasteiger partial charge on any atom is -0.369 e. The van der Waals surface area contributed by atoms with Crippen molar-refractivity contribution < 1.29 is 9.18 Å². The van der Waals surface area contributed by atoms with Crippen LogP contribution in [-0.4, -0.2) is 36.5 Å². The monoisotopic (exact) mass is 479 g/mol. The van der Waals surface area contributed by atoms with Crippen LogP contribution in [0.5, 0.6) is 0 Å². The van der Waals surface area contributed by atoms with Gasteiger partial charge in [-0.05, 0) is 73.0 Å². The highest BCUT2D eigenvalue weighted by molar-refractivity contribution is 6.04. The molecule has 0 saturated carbocycles. The van der Waals surface area contributed by atoms with Gasteiger partial charge in [0, 0.05) is 37.3 Å². The summed E-state index contributed by atoms with van der Waals surface area (Å²) < 4.78 is 13.0. The van der Waals surface area contributed by atoms with Gasteiger partial charge in [-0.25, -0.2) is 9.37 Å². The number of rotatable bonds is 7. The summed E-state index contributed by atoms with van der Waals surface area (Å²) in [6, 6.07) is 19.3. The van der Waals surface area contributed by atoms with Gasteiger partial charge < -0.3 is 15.5 Å². The van der Waals surface area contributed by atoms with Gasteiger partial charge >= 0.3 is 0 Å². The molecule has 8 heteroatoms. The third-order valence-corrected chi connectivity index (χ3v) is 5.26. The fraction of sp³-hybridized carbons (Fsp3) is 0.192. The van der Waals surface area contributed by atoms with Gasteiger partial charge in [-0.1, -0.05) is 18.2 Å².